The Morgan fingerprint density at radius 3 is 2.46 bits per heavy atom. The second-order valence-electron chi connectivity index (χ2n) is 7.73. The van der Waals surface area contributed by atoms with Crippen molar-refractivity contribution in [3.8, 4) is 0 Å². The fourth-order valence-electron chi connectivity index (χ4n) is 4.68. The number of amides is 1. The molecule has 4 nitrogen and oxygen atoms in total. The summed E-state index contributed by atoms with van der Waals surface area (Å²) >= 11 is 5.86. The molecule has 2 aliphatic carbocycles. The van der Waals surface area contributed by atoms with Crippen LogP contribution >= 0.6 is 11.6 Å². The van der Waals surface area contributed by atoms with Gasteiger partial charge in [0.05, 0.1) is 17.8 Å². The number of nitrogens with one attached hydrogen (secondary N) is 1. The van der Waals surface area contributed by atoms with Crippen molar-refractivity contribution < 1.29 is 18.0 Å². The summed E-state index contributed by atoms with van der Waals surface area (Å²) in [4.78, 5) is 12.5. The first-order valence-corrected chi connectivity index (χ1v) is 9.83. The van der Waals surface area contributed by atoms with Crippen LogP contribution in [0.15, 0.2) is 36.7 Å². The monoisotopic (exact) mass is 411 g/mol. The van der Waals surface area contributed by atoms with E-state index in [1.54, 1.807) is 24.3 Å². The molecule has 2 fully saturated rings. The molecule has 5 atom stereocenters. The van der Waals surface area contributed by atoms with Crippen LogP contribution < -0.4 is 5.32 Å². The number of fused-ring (bicyclic) bond motifs is 1. The molecular formula is C20H21ClF3N3O. The standard InChI is InChI=1S/C20H21ClF3N3O/c1-2-17(26-19(28)11-3-5-13(21)6-4-11)18-15-7-14(8-16(15)18)27-10-12(9-25-27)20(22,23)24/h3-6,9-10,14-18H,2,7-8H2,1H3,(H,26,28)/t14-,15-,16+,17-,18+/m1/s1. The van der Waals surface area contributed by atoms with E-state index in [0.717, 1.165) is 31.7 Å². The molecule has 8 heteroatoms. The zero-order valence-corrected chi connectivity index (χ0v) is 16.0. The summed E-state index contributed by atoms with van der Waals surface area (Å²) in [7, 11) is 0. The summed E-state index contributed by atoms with van der Waals surface area (Å²) in [6.45, 7) is 2.04. The number of carbonyl (C=O) groups is 1. The zero-order valence-electron chi connectivity index (χ0n) is 15.3. The van der Waals surface area contributed by atoms with Gasteiger partial charge in [0.1, 0.15) is 0 Å². The molecule has 4 rings (SSSR count). The highest BCUT2D eigenvalue weighted by molar-refractivity contribution is 6.30. The van der Waals surface area contributed by atoms with Gasteiger partial charge in [-0.25, -0.2) is 0 Å². The highest BCUT2D eigenvalue weighted by Gasteiger charge is 2.59. The first kappa shape index (κ1) is 19.3. The Hall–Kier alpha value is -2.02. The maximum absolute atomic E-state index is 12.8. The highest BCUT2D eigenvalue weighted by Crippen LogP contribution is 2.62. The van der Waals surface area contributed by atoms with E-state index in [2.05, 4.69) is 10.4 Å². The van der Waals surface area contributed by atoms with Gasteiger partial charge in [-0.05, 0) is 61.3 Å². The lowest BCUT2D eigenvalue weighted by atomic mass is 9.99. The molecule has 1 amide bonds. The van der Waals surface area contributed by atoms with Gasteiger partial charge in [-0.1, -0.05) is 18.5 Å². The fraction of sp³-hybridized carbons (Fsp3) is 0.500. The molecule has 0 bridgehead atoms. The molecule has 1 heterocycles. The molecule has 0 aliphatic heterocycles. The van der Waals surface area contributed by atoms with Crippen LogP contribution in [0.2, 0.25) is 5.02 Å². The first-order chi connectivity index (χ1) is 13.3. The smallest absolute Gasteiger partial charge is 0.349 e. The second kappa shape index (κ2) is 7.10. The lowest BCUT2D eigenvalue weighted by Gasteiger charge is -2.22. The third-order valence-electron chi connectivity index (χ3n) is 6.12. The van der Waals surface area contributed by atoms with Gasteiger partial charge in [0.25, 0.3) is 5.91 Å². The van der Waals surface area contributed by atoms with E-state index in [1.165, 1.54) is 4.68 Å². The average Bonchev–Trinajstić information content (AvgIpc) is 3.05. The number of halogens is 4. The Labute approximate surface area is 166 Å². The number of hydrogen-bond donors (Lipinski definition) is 1. The van der Waals surface area contributed by atoms with Gasteiger partial charge in [0.15, 0.2) is 0 Å². The molecule has 1 N–H and O–H groups in total. The van der Waals surface area contributed by atoms with E-state index in [4.69, 9.17) is 11.6 Å². The summed E-state index contributed by atoms with van der Waals surface area (Å²) in [6, 6.07) is 6.85. The van der Waals surface area contributed by atoms with Crippen LogP contribution in [0.25, 0.3) is 0 Å². The normalized spacial score (nSPS) is 27.3. The molecular weight excluding hydrogens is 391 g/mol. The minimum atomic E-state index is -4.36. The Morgan fingerprint density at radius 2 is 1.93 bits per heavy atom. The van der Waals surface area contributed by atoms with Crippen LogP contribution in [0.5, 0.6) is 0 Å². The Bertz CT molecular complexity index is 852. The summed E-state index contributed by atoms with van der Waals surface area (Å²) < 4.78 is 39.8. The van der Waals surface area contributed by atoms with Crippen LogP contribution in [-0.2, 0) is 6.18 Å². The van der Waals surface area contributed by atoms with Crippen molar-refractivity contribution in [2.24, 2.45) is 17.8 Å². The SMILES string of the molecule is CC[C@@H](NC(=O)c1ccc(Cl)cc1)[C@H]1[C@@H]2C[C@@H](n3cc(C(F)(F)F)cn3)C[C@@H]21. The second-order valence-corrected chi connectivity index (χ2v) is 8.17. The molecule has 1 aromatic carbocycles. The van der Waals surface area contributed by atoms with Gasteiger partial charge < -0.3 is 5.32 Å². The number of nitrogens with zero attached hydrogens (tertiary/aromatic N) is 2. The molecule has 1 aromatic heterocycles. The van der Waals surface area contributed by atoms with Crippen molar-refractivity contribution in [1.82, 2.24) is 15.1 Å². The van der Waals surface area contributed by atoms with Crippen LogP contribution in [0.1, 0.15) is 48.1 Å². The van der Waals surface area contributed by atoms with Crippen LogP contribution in [0.4, 0.5) is 13.2 Å². The topological polar surface area (TPSA) is 46.9 Å². The van der Waals surface area contributed by atoms with E-state index in [-0.39, 0.29) is 18.0 Å². The van der Waals surface area contributed by atoms with Gasteiger partial charge in [0.2, 0.25) is 0 Å². The van der Waals surface area contributed by atoms with Gasteiger partial charge >= 0.3 is 6.18 Å². The highest BCUT2D eigenvalue weighted by atomic mass is 35.5. The Kier molecular flexibility index (Phi) is 4.89. The van der Waals surface area contributed by atoms with Crippen molar-refractivity contribution in [3.05, 3.63) is 52.8 Å². The van der Waals surface area contributed by atoms with E-state index in [1.807, 2.05) is 6.92 Å². The third-order valence-corrected chi connectivity index (χ3v) is 6.37. The van der Waals surface area contributed by atoms with Crippen molar-refractivity contribution >= 4 is 17.5 Å². The molecule has 150 valence electrons. The summed E-state index contributed by atoms with van der Waals surface area (Å²) in [5.74, 6) is 1.13. The van der Waals surface area contributed by atoms with Crippen LogP contribution in [-0.4, -0.2) is 21.7 Å². The lowest BCUT2D eigenvalue weighted by molar-refractivity contribution is -0.137. The largest absolute Gasteiger partial charge is 0.419 e. The molecule has 0 radical (unpaired) electrons. The molecule has 0 unspecified atom stereocenters. The lowest BCUT2D eigenvalue weighted by Crippen LogP contribution is -2.37. The number of benzene rings is 1. The number of aromatic nitrogens is 2. The van der Waals surface area contributed by atoms with Gasteiger partial charge in [0, 0.05) is 22.8 Å². The predicted molar refractivity (Wildman–Crippen MR) is 99.0 cm³/mol. The fourth-order valence-corrected chi connectivity index (χ4v) is 4.81. The number of carbonyl (C=O) groups excluding carboxylic acids is 1. The van der Waals surface area contributed by atoms with E-state index in [9.17, 15) is 18.0 Å². The van der Waals surface area contributed by atoms with Crippen LogP contribution in [0.3, 0.4) is 0 Å². The zero-order chi connectivity index (χ0) is 20.1. The predicted octanol–water partition coefficient (Wildman–Crippen LogP) is 4.96. The number of alkyl halides is 3. The van der Waals surface area contributed by atoms with Crippen molar-refractivity contribution in [2.75, 3.05) is 0 Å². The van der Waals surface area contributed by atoms with E-state index in [0.29, 0.717) is 28.3 Å². The van der Waals surface area contributed by atoms with E-state index >= 15 is 0 Å². The molecule has 28 heavy (non-hydrogen) atoms. The van der Waals surface area contributed by atoms with Crippen molar-refractivity contribution in [2.45, 2.75) is 44.4 Å². The molecule has 2 aliphatic rings. The number of hydrogen-bond acceptors (Lipinski definition) is 2. The first-order valence-electron chi connectivity index (χ1n) is 9.45. The third kappa shape index (κ3) is 3.64. The van der Waals surface area contributed by atoms with Gasteiger partial charge in [-0.3, -0.25) is 9.48 Å². The molecule has 0 saturated heterocycles. The summed E-state index contributed by atoms with van der Waals surface area (Å²) in [5.41, 5.74) is -0.131. The molecule has 2 saturated carbocycles. The maximum Gasteiger partial charge on any atom is 0.419 e. The Morgan fingerprint density at radius 1 is 1.29 bits per heavy atom. The van der Waals surface area contributed by atoms with Gasteiger partial charge in [-0.15, -0.1) is 0 Å². The average molecular weight is 412 g/mol. The molecule has 0 spiro atoms. The molecule has 2 aromatic rings. The maximum atomic E-state index is 12.8. The summed E-state index contributed by atoms with van der Waals surface area (Å²) in [5, 5.41) is 7.62. The minimum absolute atomic E-state index is 0.00632. The Balaban J connectivity index is 1.35. The van der Waals surface area contributed by atoms with E-state index < -0.39 is 11.7 Å². The minimum Gasteiger partial charge on any atom is -0.349 e. The van der Waals surface area contributed by atoms with Gasteiger partial charge in [-0.2, -0.15) is 18.3 Å². The van der Waals surface area contributed by atoms with Crippen molar-refractivity contribution in [3.63, 3.8) is 0 Å². The van der Waals surface area contributed by atoms with Crippen LogP contribution in [0, 0.1) is 17.8 Å². The van der Waals surface area contributed by atoms with Crippen molar-refractivity contribution in [1.29, 1.82) is 0 Å². The quantitative estimate of drug-likeness (QED) is 0.755. The summed E-state index contributed by atoms with van der Waals surface area (Å²) in [6.07, 6.45) is 0.0686. The number of rotatable bonds is 5.